The Bertz CT molecular complexity index is 623. The lowest BCUT2D eigenvalue weighted by Gasteiger charge is -2.32. The van der Waals surface area contributed by atoms with Crippen LogP contribution in [-0.4, -0.2) is 30.5 Å². The first kappa shape index (κ1) is 16.1. The first-order valence-corrected chi connectivity index (χ1v) is 9.11. The minimum absolute atomic E-state index is 0.608. The van der Waals surface area contributed by atoms with Gasteiger partial charge in [0.25, 0.3) is 0 Å². The number of hydrogen-bond donors (Lipinski definition) is 2. The molecule has 0 saturated carbocycles. The minimum Gasteiger partial charge on any atom is -0.388 e. The van der Waals surface area contributed by atoms with E-state index in [0.29, 0.717) is 32.6 Å². The smallest absolute Gasteiger partial charge is 0.0815 e. The van der Waals surface area contributed by atoms with E-state index in [9.17, 15) is 5.11 Å². The molecular formula is C17H20BrNO2S. The van der Waals surface area contributed by atoms with Gasteiger partial charge in [-0.15, -0.1) is 11.3 Å². The topological polar surface area (TPSA) is 41.5 Å². The summed E-state index contributed by atoms with van der Waals surface area (Å²) in [6, 6.07) is 12.7. The molecule has 3 rings (SSSR count). The third-order valence-electron chi connectivity index (χ3n) is 3.95. The number of ether oxygens (including phenoxy) is 1. The number of aliphatic hydroxyl groups is 1. The van der Waals surface area contributed by atoms with E-state index in [-0.39, 0.29) is 0 Å². The van der Waals surface area contributed by atoms with E-state index in [1.807, 2.05) is 6.07 Å². The highest BCUT2D eigenvalue weighted by atomic mass is 79.9. The summed E-state index contributed by atoms with van der Waals surface area (Å²) in [5, 5.41) is 13.8. The van der Waals surface area contributed by atoms with Gasteiger partial charge in [0, 0.05) is 53.4 Å². The third kappa shape index (κ3) is 4.18. The maximum Gasteiger partial charge on any atom is 0.0815 e. The third-order valence-corrected chi connectivity index (χ3v) is 5.58. The Kier molecular flexibility index (Phi) is 5.31. The molecule has 0 amide bonds. The second-order valence-electron chi connectivity index (χ2n) is 5.72. The highest BCUT2D eigenvalue weighted by Gasteiger charge is 2.29. The van der Waals surface area contributed by atoms with Crippen LogP contribution in [0.25, 0.3) is 10.4 Å². The van der Waals surface area contributed by atoms with E-state index in [1.54, 1.807) is 11.3 Å². The van der Waals surface area contributed by atoms with E-state index in [4.69, 9.17) is 4.74 Å². The van der Waals surface area contributed by atoms with Crippen molar-refractivity contribution in [3.63, 3.8) is 0 Å². The van der Waals surface area contributed by atoms with Crippen LogP contribution in [0.4, 0.5) is 0 Å². The second-order valence-corrected chi connectivity index (χ2v) is 7.80. The van der Waals surface area contributed by atoms with Crippen molar-refractivity contribution in [1.82, 2.24) is 5.32 Å². The van der Waals surface area contributed by atoms with E-state index >= 15 is 0 Å². The summed E-state index contributed by atoms with van der Waals surface area (Å²) in [5.41, 5.74) is 0.622. The molecule has 0 spiro atoms. The molecule has 22 heavy (non-hydrogen) atoms. The molecule has 1 aromatic carbocycles. The van der Waals surface area contributed by atoms with Crippen LogP contribution in [0.2, 0.25) is 0 Å². The van der Waals surface area contributed by atoms with Crippen LogP contribution in [0.3, 0.4) is 0 Å². The average molecular weight is 382 g/mol. The van der Waals surface area contributed by atoms with Crippen molar-refractivity contribution in [1.29, 1.82) is 0 Å². The van der Waals surface area contributed by atoms with Crippen LogP contribution in [0.15, 0.2) is 40.9 Å². The normalized spacial score (nSPS) is 17.5. The number of halogens is 1. The zero-order valence-electron chi connectivity index (χ0n) is 12.3. The molecule has 2 N–H and O–H groups in total. The van der Waals surface area contributed by atoms with E-state index < -0.39 is 5.60 Å². The van der Waals surface area contributed by atoms with Gasteiger partial charge in [-0.3, -0.25) is 0 Å². The van der Waals surface area contributed by atoms with Crippen molar-refractivity contribution >= 4 is 27.3 Å². The fourth-order valence-electron chi connectivity index (χ4n) is 2.62. The number of nitrogens with one attached hydrogen (secondary N) is 1. The molecule has 1 fully saturated rings. The van der Waals surface area contributed by atoms with Crippen molar-refractivity contribution in [2.24, 2.45) is 0 Å². The van der Waals surface area contributed by atoms with Crippen molar-refractivity contribution in [2.75, 3.05) is 19.8 Å². The van der Waals surface area contributed by atoms with Gasteiger partial charge in [0.15, 0.2) is 0 Å². The Morgan fingerprint density at radius 1 is 1.23 bits per heavy atom. The zero-order valence-corrected chi connectivity index (χ0v) is 14.8. The average Bonchev–Trinajstić information content (AvgIpc) is 2.97. The maximum absolute atomic E-state index is 10.4. The molecule has 5 heteroatoms. The summed E-state index contributed by atoms with van der Waals surface area (Å²) >= 11 is 5.30. The van der Waals surface area contributed by atoms with Crippen molar-refractivity contribution in [3.8, 4) is 10.4 Å². The fourth-order valence-corrected chi connectivity index (χ4v) is 3.99. The van der Waals surface area contributed by atoms with Crippen molar-refractivity contribution in [2.45, 2.75) is 25.0 Å². The molecule has 0 aliphatic carbocycles. The molecule has 1 aromatic heterocycles. The Labute approximate surface area is 143 Å². The quantitative estimate of drug-likeness (QED) is 0.827. The first-order chi connectivity index (χ1) is 10.6. The zero-order chi connectivity index (χ0) is 15.4. The Morgan fingerprint density at radius 3 is 2.82 bits per heavy atom. The van der Waals surface area contributed by atoms with Gasteiger partial charge in [0.1, 0.15) is 0 Å². The summed E-state index contributed by atoms with van der Waals surface area (Å²) in [7, 11) is 0. The van der Waals surface area contributed by atoms with Crippen molar-refractivity contribution < 1.29 is 9.84 Å². The van der Waals surface area contributed by atoms with Gasteiger partial charge in [0.05, 0.1) is 5.60 Å². The van der Waals surface area contributed by atoms with Crippen LogP contribution in [-0.2, 0) is 11.3 Å². The molecule has 1 saturated heterocycles. The standard InChI is InChI=1S/C17H20BrNO2S/c18-14-3-1-2-13(10-14)16-5-4-15(22-16)11-19-12-17(20)6-8-21-9-7-17/h1-5,10,19-20H,6-9,11-12H2. The van der Waals surface area contributed by atoms with Crippen LogP contribution in [0.5, 0.6) is 0 Å². The number of benzene rings is 1. The summed E-state index contributed by atoms with van der Waals surface area (Å²) in [6.07, 6.45) is 1.43. The van der Waals surface area contributed by atoms with Crippen molar-refractivity contribution in [3.05, 3.63) is 45.7 Å². The molecule has 0 unspecified atom stereocenters. The molecule has 0 bridgehead atoms. The Balaban J connectivity index is 1.56. The number of hydrogen-bond acceptors (Lipinski definition) is 4. The lowest BCUT2D eigenvalue weighted by molar-refractivity contribution is -0.0616. The lowest BCUT2D eigenvalue weighted by Crippen LogP contribution is -2.44. The summed E-state index contributed by atoms with van der Waals surface area (Å²) in [5.74, 6) is 0. The summed E-state index contributed by atoms with van der Waals surface area (Å²) < 4.78 is 6.40. The SMILES string of the molecule is OC1(CNCc2ccc(-c3cccc(Br)c3)s2)CCOCC1. The van der Waals surface area contributed by atoms with Gasteiger partial charge in [0.2, 0.25) is 0 Å². The molecule has 1 aliphatic rings. The van der Waals surface area contributed by atoms with Crippen LogP contribution in [0.1, 0.15) is 17.7 Å². The summed E-state index contributed by atoms with van der Waals surface area (Å²) in [4.78, 5) is 2.55. The number of thiophene rings is 1. The Hall–Kier alpha value is -0.720. The lowest BCUT2D eigenvalue weighted by atomic mass is 9.94. The second kappa shape index (κ2) is 7.23. The largest absolute Gasteiger partial charge is 0.388 e. The number of rotatable bonds is 5. The molecule has 2 aromatic rings. The monoisotopic (exact) mass is 381 g/mol. The van der Waals surface area contributed by atoms with E-state index in [0.717, 1.165) is 11.0 Å². The molecule has 0 atom stereocenters. The van der Waals surface area contributed by atoms with Crippen LogP contribution in [0, 0.1) is 0 Å². The van der Waals surface area contributed by atoms with Gasteiger partial charge < -0.3 is 15.2 Å². The highest BCUT2D eigenvalue weighted by Crippen LogP contribution is 2.30. The predicted octanol–water partition coefficient (Wildman–Crippen LogP) is 3.81. The molecule has 3 nitrogen and oxygen atoms in total. The van der Waals surface area contributed by atoms with Crippen LogP contribution < -0.4 is 5.32 Å². The van der Waals surface area contributed by atoms with Crippen LogP contribution >= 0.6 is 27.3 Å². The first-order valence-electron chi connectivity index (χ1n) is 7.50. The Morgan fingerprint density at radius 2 is 2.05 bits per heavy atom. The van der Waals surface area contributed by atoms with E-state index in [1.165, 1.54) is 15.3 Å². The van der Waals surface area contributed by atoms with Gasteiger partial charge >= 0.3 is 0 Å². The highest BCUT2D eigenvalue weighted by molar-refractivity contribution is 9.10. The molecule has 1 aliphatic heterocycles. The molecular weight excluding hydrogens is 362 g/mol. The minimum atomic E-state index is -0.608. The maximum atomic E-state index is 10.4. The van der Waals surface area contributed by atoms with Gasteiger partial charge in [-0.2, -0.15) is 0 Å². The van der Waals surface area contributed by atoms with E-state index in [2.05, 4.69) is 51.6 Å². The fraction of sp³-hybridized carbons (Fsp3) is 0.412. The predicted molar refractivity (Wildman–Crippen MR) is 94.2 cm³/mol. The molecule has 2 heterocycles. The summed E-state index contributed by atoms with van der Waals surface area (Å²) in [6.45, 7) is 2.73. The molecule has 118 valence electrons. The van der Waals surface area contributed by atoms with Gasteiger partial charge in [-0.25, -0.2) is 0 Å². The van der Waals surface area contributed by atoms with Gasteiger partial charge in [-0.1, -0.05) is 28.1 Å². The molecule has 0 radical (unpaired) electrons. The van der Waals surface area contributed by atoms with Gasteiger partial charge in [-0.05, 0) is 29.8 Å².